The van der Waals surface area contributed by atoms with Crippen LogP contribution in [-0.4, -0.2) is 37.0 Å². The van der Waals surface area contributed by atoms with Gasteiger partial charge in [-0.2, -0.15) is 0 Å². The molecule has 0 bridgehead atoms. The first kappa shape index (κ1) is 14.1. The monoisotopic (exact) mass is 260 g/mol. The number of piperidine rings is 1. The average Bonchev–Trinajstić information content (AvgIpc) is 2.38. The molecule has 1 amide bonds. The largest absolute Gasteiger partial charge is 0.350 e. The maximum Gasteiger partial charge on any atom is 0.251 e. The van der Waals surface area contributed by atoms with E-state index in [1.54, 1.807) is 0 Å². The second-order valence-electron chi connectivity index (χ2n) is 5.85. The standard InChI is InChI=1S/C16H24N2O/c1-12(2)17-16(19)14-8-6-13(7-9-14)15-5-4-10-18(3)11-15/h6-9,12,15H,4-5,10-11H2,1-3H3,(H,17,19)/t15-/m0/s1. The molecule has 0 aromatic heterocycles. The topological polar surface area (TPSA) is 32.3 Å². The Morgan fingerprint density at radius 2 is 2.00 bits per heavy atom. The Balaban J connectivity index is 2.03. The molecule has 1 aliphatic rings. The van der Waals surface area contributed by atoms with Crippen LogP contribution in [0.3, 0.4) is 0 Å². The van der Waals surface area contributed by atoms with Crippen molar-refractivity contribution in [2.45, 2.75) is 38.6 Å². The molecule has 3 nitrogen and oxygen atoms in total. The second kappa shape index (κ2) is 6.20. The Kier molecular flexibility index (Phi) is 4.59. The third kappa shape index (κ3) is 3.80. The Morgan fingerprint density at radius 1 is 1.32 bits per heavy atom. The van der Waals surface area contributed by atoms with Gasteiger partial charge in [0.1, 0.15) is 0 Å². The SMILES string of the molecule is CC(C)NC(=O)c1ccc([C@H]2CCCN(C)C2)cc1. The van der Waals surface area contributed by atoms with Crippen molar-refractivity contribution >= 4 is 5.91 Å². The van der Waals surface area contributed by atoms with Crippen LogP contribution in [-0.2, 0) is 0 Å². The lowest BCUT2D eigenvalue weighted by Gasteiger charge is -2.30. The van der Waals surface area contributed by atoms with E-state index in [2.05, 4.69) is 29.4 Å². The van der Waals surface area contributed by atoms with Gasteiger partial charge in [0, 0.05) is 18.2 Å². The fourth-order valence-corrected chi connectivity index (χ4v) is 2.69. The van der Waals surface area contributed by atoms with Crippen molar-refractivity contribution in [1.82, 2.24) is 10.2 Å². The highest BCUT2D eigenvalue weighted by molar-refractivity contribution is 5.94. The molecule has 0 spiro atoms. The zero-order chi connectivity index (χ0) is 13.8. The van der Waals surface area contributed by atoms with E-state index in [-0.39, 0.29) is 11.9 Å². The molecule has 0 aliphatic carbocycles. The minimum Gasteiger partial charge on any atom is -0.350 e. The summed E-state index contributed by atoms with van der Waals surface area (Å²) in [6.45, 7) is 6.27. The molecular formula is C16H24N2O. The number of carbonyl (C=O) groups is 1. The van der Waals surface area contributed by atoms with Crippen molar-refractivity contribution in [3.05, 3.63) is 35.4 Å². The number of benzene rings is 1. The molecule has 0 saturated carbocycles. The third-order valence-electron chi connectivity index (χ3n) is 3.69. The van der Waals surface area contributed by atoms with Gasteiger partial charge in [-0.15, -0.1) is 0 Å². The number of rotatable bonds is 3. The number of amides is 1. The summed E-state index contributed by atoms with van der Waals surface area (Å²) in [5, 5.41) is 2.92. The molecule has 2 rings (SSSR count). The summed E-state index contributed by atoms with van der Waals surface area (Å²) in [6.07, 6.45) is 2.51. The number of carbonyl (C=O) groups excluding carboxylic acids is 1. The first-order chi connectivity index (χ1) is 9.06. The van der Waals surface area contributed by atoms with Gasteiger partial charge < -0.3 is 10.2 Å². The number of hydrogen-bond acceptors (Lipinski definition) is 2. The van der Waals surface area contributed by atoms with Gasteiger partial charge in [0.15, 0.2) is 0 Å². The van der Waals surface area contributed by atoms with Gasteiger partial charge in [0.25, 0.3) is 5.91 Å². The van der Waals surface area contributed by atoms with Gasteiger partial charge in [0.2, 0.25) is 0 Å². The Bertz CT molecular complexity index is 425. The highest BCUT2D eigenvalue weighted by Gasteiger charge is 2.19. The lowest BCUT2D eigenvalue weighted by Crippen LogP contribution is -2.31. The van der Waals surface area contributed by atoms with Crippen LogP contribution < -0.4 is 5.32 Å². The zero-order valence-electron chi connectivity index (χ0n) is 12.1. The molecule has 1 heterocycles. The first-order valence-electron chi connectivity index (χ1n) is 7.15. The average molecular weight is 260 g/mol. The minimum absolute atomic E-state index is 0.0160. The van der Waals surface area contributed by atoms with E-state index in [0.717, 1.165) is 12.1 Å². The summed E-state index contributed by atoms with van der Waals surface area (Å²) >= 11 is 0. The van der Waals surface area contributed by atoms with Crippen molar-refractivity contribution < 1.29 is 4.79 Å². The van der Waals surface area contributed by atoms with Gasteiger partial charge in [-0.05, 0) is 63.9 Å². The fraction of sp³-hybridized carbons (Fsp3) is 0.562. The summed E-state index contributed by atoms with van der Waals surface area (Å²) < 4.78 is 0. The molecule has 1 atom stereocenters. The van der Waals surface area contributed by atoms with Crippen LogP contribution in [0.2, 0.25) is 0 Å². The molecular weight excluding hydrogens is 236 g/mol. The van der Waals surface area contributed by atoms with Gasteiger partial charge in [-0.25, -0.2) is 0 Å². The van der Waals surface area contributed by atoms with Crippen LogP contribution in [0.5, 0.6) is 0 Å². The van der Waals surface area contributed by atoms with E-state index in [1.807, 2.05) is 26.0 Å². The summed E-state index contributed by atoms with van der Waals surface area (Å²) in [5.41, 5.74) is 2.11. The molecule has 1 aliphatic heterocycles. The van der Waals surface area contributed by atoms with Crippen molar-refractivity contribution in [3.63, 3.8) is 0 Å². The zero-order valence-corrected chi connectivity index (χ0v) is 12.1. The minimum atomic E-state index is 0.0160. The van der Waals surface area contributed by atoms with Gasteiger partial charge >= 0.3 is 0 Å². The van der Waals surface area contributed by atoms with Crippen LogP contribution in [0.15, 0.2) is 24.3 Å². The molecule has 1 aromatic rings. The molecule has 3 heteroatoms. The van der Waals surface area contributed by atoms with Crippen LogP contribution in [0.25, 0.3) is 0 Å². The van der Waals surface area contributed by atoms with Crippen molar-refractivity contribution in [1.29, 1.82) is 0 Å². The number of likely N-dealkylation sites (N-methyl/N-ethyl adjacent to an activating group) is 1. The predicted molar refractivity (Wildman–Crippen MR) is 78.5 cm³/mol. The molecule has 0 unspecified atom stereocenters. The summed E-state index contributed by atoms with van der Waals surface area (Å²) in [4.78, 5) is 14.3. The van der Waals surface area contributed by atoms with Crippen molar-refractivity contribution in [2.24, 2.45) is 0 Å². The Labute approximate surface area is 116 Å². The van der Waals surface area contributed by atoms with Crippen LogP contribution in [0.1, 0.15) is 48.5 Å². The number of likely N-dealkylation sites (tertiary alicyclic amines) is 1. The van der Waals surface area contributed by atoms with E-state index in [4.69, 9.17) is 0 Å². The molecule has 19 heavy (non-hydrogen) atoms. The Hall–Kier alpha value is -1.35. The normalized spacial score (nSPS) is 20.5. The number of hydrogen-bond donors (Lipinski definition) is 1. The van der Waals surface area contributed by atoms with Crippen LogP contribution in [0, 0.1) is 0 Å². The second-order valence-corrected chi connectivity index (χ2v) is 5.85. The highest BCUT2D eigenvalue weighted by Crippen LogP contribution is 2.26. The van der Waals surface area contributed by atoms with Crippen molar-refractivity contribution in [2.75, 3.05) is 20.1 Å². The quantitative estimate of drug-likeness (QED) is 0.906. The molecule has 1 saturated heterocycles. The van der Waals surface area contributed by atoms with Gasteiger partial charge in [-0.1, -0.05) is 12.1 Å². The van der Waals surface area contributed by atoms with E-state index in [1.165, 1.54) is 24.9 Å². The van der Waals surface area contributed by atoms with E-state index in [9.17, 15) is 4.79 Å². The number of nitrogens with one attached hydrogen (secondary N) is 1. The maximum absolute atomic E-state index is 11.9. The van der Waals surface area contributed by atoms with E-state index in [0.29, 0.717) is 5.92 Å². The molecule has 104 valence electrons. The lowest BCUT2D eigenvalue weighted by atomic mass is 9.90. The van der Waals surface area contributed by atoms with E-state index < -0.39 is 0 Å². The fourth-order valence-electron chi connectivity index (χ4n) is 2.69. The van der Waals surface area contributed by atoms with E-state index >= 15 is 0 Å². The summed E-state index contributed by atoms with van der Waals surface area (Å²) in [5.74, 6) is 0.628. The molecule has 1 N–H and O–H groups in total. The number of nitrogens with zero attached hydrogens (tertiary/aromatic N) is 1. The van der Waals surface area contributed by atoms with Crippen molar-refractivity contribution in [3.8, 4) is 0 Å². The smallest absolute Gasteiger partial charge is 0.251 e. The maximum atomic E-state index is 11.9. The highest BCUT2D eigenvalue weighted by atomic mass is 16.1. The lowest BCUT2D eigenvalue weighted by molar-refractivity contribution is 0.0943. The summed E-state index contributed by atoms with van der Waals surface area (Å²) in [7, 11) is 2.18. The third-order valence-corrected chi connectivity index (χ3v) is 3.69. The Morgan fingerprint density at radius 3 is 2.58 bits per heavy atom. The van der Waals surface area contributed by atoms with Gasteiger partial charge in [-0.3, -0.25) is 4.79 Å². The molecule has 1 fully saturated rings. The molecule has 0 radical (unpaired) electrons. The summed E-state index contributed by atoms with van der Waals surface area (Å²) in [6, 6.07) is 8.29. The van der Waals surface area contributed by atoms with Gasteiger partial charge in [0.05, 0.1) is 0 Å². The van der Waals surface area contributed by atoms with Crippen LogP contribution in [0.4, 0.5) is 0 Å². The predicted octanol–water partition coefficient (Wildman–Crippen LogP) is 2.63. The van der Waals surface area contributed by atoms with Crippen LogP contribution >= 0.6 is 0 Å². The first-order valence-corrected chi connectivity index (χ1v) is 7.15. The molecule has 1 aromatic carbocycles.